The molecular formula is C33H49N5O6S. The molecule has 1 saturated heterocycles. The molecule has 0 bridgehead atoms. The lowest BCUT2D eigenvalue weighted by atomic mass is 9.85. The molecule has 2 aromatic rings. The van der Waals surface area contributed by atoms with Gasteiger partial charge in [0.2, 0.25) is 11.8 Å². The van der Waals surface area contributed by atoms with Crippen molar-refractivity contribution >= 4 is 34.6 Å². The minimum absolute atomic E-state index is 0.0323. The van der Waals surface area contributed by atoms with Gasteiger partial charge in [-0.2, -0.15) is 0 Å². The number of benzene rings is 1. The Balaban J connectivity index is 1.48. The highest BCUT2D eigenvalue weighted by molar-refractivity contribution is 7.13. The van der Waals surface area contributed by atoms with Crippen molar-refractivity contribution in [1.82, 2.24) is 15.2 Å². The van der Waals surface area contributed by atoms with E-state index in [1.54, 1.807) is 16.2 Å². The van der Waals surface area contributed by atoms with Crippen LogP contribution in [-0.2, 0) is 35.0 Å². The predicted molar refractivity (Wildman–Crippen MR) is 176 cm³/mol. The maximum absolute atomic E-state index is 13.8. The first-order valence-electron chi connectivity index (χ1n) is 15.7. The molecule has 1 aliphatic rings. The Kier molecular flexibility index (Phi) is 14.7. The quantitative estimate of drug-likeness (QED) is 0.155. The smallest absolute Gasteiger partial charge is 0.246 e. The molecule has 1 unspecified atom stereocenters. The molecule has 0 saturated carbocycles. The van der Waals surface area contributed by atoms with Crippen molar-refractivity contribution in [2.45, 2.75) is 71.9 Å². The molecule has 3 rings (SSSR count). The maximum Gasteiger partial charge on any atom is 0.246 e. The maximum atomic E-state index is 13.8. The van der Waals surface area contributed by atoms with Gasteiger partial charge >= 0.3 is 0 Å². The molecule has 45 heavy (non-hydrogen) atoms. The van der Waals surface area contributed by atoms with E-state index in [0.29, 0.717) is 65.4 Å². The average Bonchev–Trinajstić information content (AvgIpc) is 3.67. The van der Waals surface area contributed by atoms with E-state index in [4.69, 9.17) is 25.4 Å². The van der Waals surface area contributed by atoms with Gasteiger partial charge < -0.3 is 35.6 Å². The molecule has 2 heterocycles. The Morgan fingerprint density at radius 1 is 1.07 bits per heavy atom. The van der Waals surface area contributed by atoms with Crippen LogP contribution in [-0.4, -0.2) is 98.0 Å². The molecule has 2 atom stereocenters. The number of hydrogen-bond donors (Lipinski definition) is 3. The number of hydrogen-bond acceptors (Lipinski definition) is 10. The number of Topliss-reactive ketones (excluding diaryl/α,β-unsaturated/α-hetero) is 1. The molecule has 4 N–H and O–H groups in total. The summed E-state index contributed by atoms with van der Waals surface area (Å²) >= 11 is 1.58. The van der Waals surface area contributed by atoms with E-state index in [0.717, 1.165) is 28.1 Å². The largest absolute Gasteiger partial charge is 0.381 e. The summed E-state index contributed by atoms with van der Waals surface area (Å²) in [5, 5.41) is 11.4. The van der Waals surface area contributed by atoms with Gasteiger partial charge in [0, 0.05) is 45.9 Å². The van der Waals surface area contributed by atoms with Gasteiger partial charge in [-0.3, -0.25) is 14.4 Å². The zero-order valence-electron chi connectivity index (χ0n) is 27.1. The number of thiazole rings is 1. The van der Waals surface area contributed by atoms with Crippen LogP contribution in [0.5, 0.6) is 0 Å². The molecule has 0 spiro atoms. The molecule has 1 aromatic carbocycles. The van der Waals surface area contributed by atoms with Crippen LogP contribution in [0.3, 0.4) is 0 Å². The lowest BCUT2D eigenvalue weighted by Crippen LogP contribution is -2.57. The second kappa shape index (κ2) is 18.2. The Hall–Kier alpha value is -3.03. The molecule has 1 fully saturated rings. The molecule has 248 valence electrons. The van der Waals surface area contributed by atoms with Crippen molar-refractivity contribution in [1.29, 1.82) is 5.41 Å². The standard InChI is InChI=1S/C33H49N5O6S/c1-23-30(45-22-36-23)25-11-9-24(10-12-25)20-26(35)29(40)27-8-5-14-38(27)32(41)31(33(2,3)4)37-28(39)21-44-18-7-16-42-15-6-17-43-19-13-34/h9-12,22,27,31,35H,5-8,13-21,34H2,1-4H3,(H,37,39)/t27-,31?/m0/s1. The van der Waals surface area contributed by atoms with Gasteiger partial charge in [0.05, 0.1) is 34.4 Å². The van der Waals surface area contributed by atoms with Crippen LogP contribution < -0.4 is 11.1 Å². The predicted octanol–water partition coefficient (Wildman–Crippen LogP) is 3.56. The van der Waals surface area contributed by atoms with Gasteiger partial charge in [0.15, 0.2) is 5.78 Å². The third kappa shape index (κ3) is 11.4. The first kappa shape index (κ1) is 36.4. The number of amides is 2. The van der Waals surface area contributed by atoms with Crippen molar-refractivity contribution in [2.75, 3.05) is 52.7 Å². The second-order valence-electron chi connectivity index (χ2n) is 12.3. The van der Waals surface area contributed by atoms with E-state index in [2.05, 4.69) is 10.3 Å². The summed E-state index contributed by atoms with van der Waals surface area (Å²) in [5.41, 5.74) is 9.43. The topological polar surface area (TPSA) is 157 Å². The van der Waals surface area contributed by atoms with Crippen molar-refractivity contribution in [3.05, 3.63) is 41.0 Å². The molecule has 12 heteroatoms. The third-order valence-corrected chi connectivity index (χ3v) is 8.52. The Bertz CT molecular complexity index is 1260. The number of nitrogens with zero attached hydrogens (tertiary/aromatic N) is 2. The monoisotopic (exact) mass is 643 g/mol. The van der Waals surface area contributed by atoms with E-state index >= 15 is 0 Å². The van der Waals surface area contributed by atoms with E-state index in [1.165, 1.54) is 0 Å². The molecule has 11 nitrogen and oxygen atoms in total. The SMILES string of the molecule is Cc1ncsc1-c1ccc(CC(=N)C(=O)[C@@H]2CCCN2C(=O)C(NC(=O)COCCCOCCCOCCN)C(C)(C)C)cc1. The van der Waals surface area contributed by atoms with Crippen LogP contribution in [0.2, 0.25) is 0 Å². The summed E-state index contributed by atoms with van der Waals surface area (Å²) < 4.78 is 16.3. The van der Waals surface area contributed by atoms with Crippen LogP contribution in [0.15, 0.2) is 29.8 Å². The molecule has 2 amide bonds. The summed E-state index contributed by atoms with van der Waals surface area (Å²) in [6.07, 6.45) is 2.77. The van der Waals surface area contributed by atoms with Crippen LogP contribution >= 0.6 is 11.3 Å². The Morgan fingerprint density at radius 2 is 1.71 bits per heavy atom. The number of ether oxygens (including phenoxy) is 3. The van der Waals surface area contributed by atoms with E-state index in [-0.39, 0.29) is 30.4 Å². The van der Waals surface area contributed by atoms with Crippen molar-refractivity contribution in [2.24, 2.45) is 11.1 Å². The van der Waals surface area contributed by atoms with Crippen LogP contribution in [0, 0.1) is 17.7 Å². The number of nitrogens with one attached hydrogen (secondary N) is 2. The number of nitrogens with two attached hydrogens (primary N) is 1. The third-order valence-electron chi connectivity index (χ3n) is 7.55. The van der Waals surface area contributed by atoms with E-state index in [1.807, 2.05) is 57.5 Å². The molecule has 0 aliphatic carbocycles. The van der Waals surface area contributed by atoms with Crippen molar-refractivity contribution < 1.29 is 28.6 Å². The number of carbonyl (C=O) groups excluding carboxylic acids is 3. The van der Waals surface area contributed by atoms with Crippen molar-refractivity contribution in [3.8, 4) is 10.4 Å². The van der Waals surface area contributed by atoms with Crippen molar-refractivity contribution in [3.63, 3.8) is 0 Å². The fraction of sp³-hybridized carbons (Fsp3) is 0.606. The summed E-state index contributed by atoms with van der Waals surface area (Å²) in [7, 11) is 0. The fourth-order valence-corrected chi connectivity index (χ4v) is 5.96. The summed E-state index contributed by atoms with van der Waals surface area (Å²) in [4.78, 5) is 46.9. The molecule has 1 aliphatic heterocycles. The number of ketones is 1. The number of carbonyl (C=O) groups is 3. The zero-order valence-corrected chi connectivity index (χ0v) is 27.9. The first-order chi connectivity index (χ1) is 21.5. The zero-order chi connectivity index (χ0) is 32.8. The number of aromatic nitrogens is 1. The lowest BCUT2D eigenvalue weighted by Gasteiger charge is -2.35. The van der Waals surface area contributed by atoms with E-state index < -0.39 is 23.4 Å². The van der Waals surface area contributed by atoms with Crippen LogP contribution in [0.1, 0.15) is 57.7 Å². The number of likely N-dealkylation sites (tertiary alicyclic amines) is 1. The summed E-state index contributed by atoms with van der Waals surface area (Å²) in [6, 6.07) is 6.26. The van der Waals surface area contributed by atoms with Gasteiger partial charge in [0.25, 0.3) is 0 Å². The highest BCUT2D eigenvalue weighted by Gasteiger charge is 2.42. The van der Waals surface area contributed by atoms with Gasteiger partial charge in [-0.1, -0.05) is 45.0 Å². The Morgan fingerprint density at radius 3 is 2.31 bits per heavy atom. The fourth-order valence-electron chi connectivity index (χ4n) is 5.14. The van der Waals surface area contributed by atoms with E-state index in [9.17, 15) is 14.4 Å². The highest BCUT2D eigenvalue weighted by Crippen LogP contribution is 2.28. The van der Waals surface area contributed by atoms with Crippen LogP contribution in [0.25, 0.3) is 10.4 Å². The minimum Gasteiger partial charge on any atom is -0.381 e. The van der Waals surface area contributed by atoms with Gasteiger partial charge in [-0.15, -0.1) is 11.3 Å². The second-order valence-corrected chi connectivity index (χ2v) is 13.2. The summed E-state index contributed by atoms with van der Waals surface area (Å²) in [6.45, 7) is 10.9. The number of rotatable bonds is 19. The normalized spacial score (nSPS) is 15.7. The average molecular weight is 644 g/mol. The lowest BCUT2D eigenvalue weighted by molar-refractivity contribution is -0.143. The Labute approximate surface area is 270 Å². The number of aryl methyl sites for hydroxylation is 1. The van der Waals surface area contributed by atoms with Gasteiger partial charge in [-0.25, -0.2) is 4.98 Å². The minimum atomic E-state index is -0.844. The van der Waals surface area contributed by atoms with Gasteiger partial charge in [0.1, 0.15) is 12.6 Å². The molecular weight excluding hydrogens is 594 g/mol. The molecule has 0 radical (unpaired) electrons. The van der Waals surface area contributed by atoms with Crippen LogP contribution in [0.4, 0.5) is 0 Å². The summed E-state index contributed by atoms with van der Waals surface area (Å²) in [5.74, 6) is -1.06. The van der Waals surface area contributed by atoms with Gasteiger partial charge in [-0.05, 0) is 49.1 Å². The first-order valence-corrected chi connectivity index (χ1v) is 16.5. The highest BCUT2D eigenvalue weighted by atomic mass is 32.1. The molecule has 1 aromatic heterocycles.